The Morgan fingerprint density at radius 2 is 1.75 bits per heavy atom. The molecular weight excluding hydrogens is 253 g/mol. The van der Waals surface area contributed by atoms with Gasteiger partial charge in [-0.05, 0) is 60.9 Å². The maximum atomic E-state index is 12.7. The molecule has 0 atom stereocenters. The molecule has 2 rings (SSSR count). The van der Waals surface area contributed by atoms with Gasteiger partial charge in [-0.25, -0.2) is 4.39 Å². The first-order valence-corrected chi connectivity index (χ1v) is 6.36. The van der Waals surface area contributed by atoms with Gasteiger partial charge in [-0.2, -0.15) is 0 Å². The largest absolute Gasteiger partial charge is 0.323 e. The number of hydrogen-bond acceptors (Lipinski definition) is 1. The minimum Gasteiger partial charge on any atom is -0.323 e. The lowest BCUT2D eigenvalue weighted by Crippen LogP contribution is -2.07. The van der Waals surface area contributed by atoms with Crippen molar-refractivity contribution in [1.29, 1.82) is 0 Å². The molecule has 20 heavy (non-hydrogen) atoms. The van der Waals surface area contributed by atoms with Crippen molar-refractivity contribution in [3.63, 3.8) is 0 Å². The van der Waals surface area contributed by atoms with E-state index in [2.05, 4.69) is 5.32 Å². The predicted molar refractivity (Wildman–Crippen MR) is 80.0 cm³/mol. The molecule has 0 aliphatic carbocycles. The van der Waals surface area contributed by atoms with Crippen LogP contribution in [0.4, 0.5) is 10.1 Å². The standard InChI is InChI=1S/C17H16FNO/c1-12-3-9-16(11-13(12)2)19-17(20)10-6-14-4-7-15(18)8-5-14/h3-11H,1-2H3,(H,19,20)/b10-6+. The van der Waals surface area contributed by atoms with Gasteiger partial charge in [0.15, 0.2) is 0 Å². The van der Waals surface area contributed by atoms with Crippen molar-refractivity contribution in [2.24, 2.45) is 0 Å². The highest BCUT2D eigenvalue weighted by Crippen LogP contribution is 2.14. The number of amides is 1. The molecular formula is C17H16FNO. The lowest BCUT2D eigenvalue weighted by atomic mass is 10.1. The molecule has 0 unspecified atom stereocenters. The van der Waals surface area contributed by atoms with Crippen molar-refractivity contribution >= 4 is 17.7 Å². The minimum absolute atomic E-state index is 0.211. The Balaban J connectivity index is 2.01. The van der Waals surface area contributed by atoms with Crippen LogP contribution in [0.2, 0.25) is 0 Å². The van der Waals surface area contributed by atoms with Gasteiger partial charge < -0.3 is 5.32 Å². The third kappa shape index (κ3) is 3.79. The monoisotopic (exact) mass is 269 g/mol. The normalized spacial score (nSPS) is 10.8. The predicted octanol–water partition coefficient (Wildman–Crippen LogP) is 4.09. The number of anilines is 1. The summed E-state index contributed by atoms with van der Waals surface area (Å²) in [5, 5.41) is 2.79. The fraction of sp³-hybridized carbons (Fsp3) is 0.118. The van der Waals surface area contributed by atoms with Gasteiger partial charge in [0.2, 0.25) is 5.91 Å². The maximum Gasteiger partial charge on any atom is 0.248 e. The molecule has 0 heterocycles. The van der Waals surface area contributed by atoms with Crippen molar-refractivity contribution < 1.29 is 9.18 Å². The van der Waals surface area contributed by atoms with Crippen LogP contribution < -0.4 is 5.32 Å². The summed E-state index contributed by atoms with van der Waals surface area (Å²) in [6.45, 7) is 4.02. The summed E-state index contributed by atoms with van der Waals surface area (Å²) in [6, 6.07) is 11.7. The maximum absolute atomic E-state index is 12.7. The molecule has 1 N–H and O–H groups in total. The number of benzene rings is 2. The summed E-state index contributed by atoms with van der Waals surface area (Å²) in [6.07, 6.45) is 3.08. The Morgan fingerprint density at radius 3 is 2.40 bits per heavy atom. The number of halogens is 1. The third-order valence-electron chi connectivity index (χ3n) is 3.07. The van der Waals surface area contributed by atoms with Crippen molar-refractivity contribution in [3.05, 3.63) is 71.0 Å². The van der Waals surface area contributed by atoms with Crippen LogP contribution >= 0.6 is 0 Å². The Kier molecular flexibility index (Phi) is 4.31. The summed E-state index contributed by atoms with van der Waals surface area (Å²) in [5.74, 6) is -0.501. The summed E-state index contributed by atoms with van der Waals surface area (Å²) in [5.41, 5.74) is 3.86. The molecule has 0 radical (unpaired) electrons. The number of aryl methyl sites for hydroxylation is 2. The Bertz CT molecular complexity index is 645. The first-order valence-electron chi connectivity index (χ1n) is 6.36. The average molecular weight is 269 g/mol. The van der Waals surface area contributed by atoms with Crippen LogP contribution in [-0.4, -0.2) is 5.91 Å². The van der Waals surface area contributed by atoms with E-state index < -0.39 is 0 Å². The second-order valence-corrected chi connectivity index (χ2v) is 4.67. The molecule has 0 aliphatic rings. The lowest BCUT2D eigenvalue weighted by molar-refractivity contribution is -0.111. The van der Waals surface area contributed by atoms with Crippen LogP contribution in [0.5, 0.6) is 0 Å². The van der Waals surface area contributed by atoms with Crippen molar-refractivity contribution in [2.45, 2.75) is 13.8 Å². The van der Waals surface area contributed by atoms with E-state index in [9.17, 15) is 9.18 Å². The van der Waals surface area contributed by atoms with Crippen LogP contribution in [0.1, 0.15) is 16.7 Å². The van der Waals surface area contributed by atoms with Gasteiger partial charge in [0, 0.05) is 11.8 Å². The Hall–Kier alpha value is -2.42. The van der Waals surface area contributed by atoms with Crippen LogP contribution in [0, 0.1) is 19.7 Å². The van der Waals surface area contributed by atoms with Gasteiger partial charge in [0.05, 0.1) is 0 Å². The molecule has 2 aromatic carbocycles. The van der Waals surface area contributed by atoms with Crippen LogP contribution in [0.25, 0.3) is 6.08 Å². The van der Waals surface area contributed by atoms with E-state index in [1.165, 1.54) is 23.8 Å². The number of carbonyl (C=O) groups excluding carboxylic acids is 1. The zero-order valence-electron chi connectivity index (χ0n) is 11.5. The fourth-order valence-electron chi connectivity index (χ4n) is 1.75. The number of hydrogen-bond donors (Lipinski definition) is 1. The second kappa shape index (κ2) is 6.15. The van der Waals surface area contributed by atoms with E-state index in [0.29, 0.717) is 0 Å². The van der Waals surface area contributed by atoms with Crippen molar-refractivity contribution in [3.8, 4) is 0 Å². The molecule has 0 fully saturated rings. The van der Waals surface area contributed by atoms with E-state index >= 15 is 0 Å². The van der Waals surface area contributed by atoms with E-state index in [0.717, 1.165) is 16.8 Å². The van der Waals surface area contributed by atoms with E-state index in [4.69, 9.17) is 0 Å². The highest BCUT2D eigenvalue weighted by atomic mass is 19.1. The number of carbonyl (C=O) groups is 1. The molecule has 0 aromatic heterocycles. The minimum atomic E-state index is -0.290. The fourth-order valence-corrected chi connectivity index (χ4v) is 1.75. The highest BCUT2D eigenvalue weighted by molar-refractivity contribution is 6.01. The van der Waals surface area contributed by atoms with Gasteiger partial charge in [-0.15, -0.1) is 0 Å². The van der Waals surface area contributed by atoms with Crippen LogP contribution in [0.15, 0.2) is 48.5 Å². The lowest BCUT2D eigenvalue weighted by Gasteiger charge is -2.05. The summed E-state index contributed by atoms with van der Waals surface area (Å²) in [7, 11) is 0. The SMILES string of the molecule is Cc1ccc(NC(=O)/C=C/c2ccc(F)cc2)cc1C. The van der Waals surface area contributed by atoms with Crippen molar-refractivity contribution in [1.82, 2.24) is 0 Å². The Labute approximate surface area is 118 Å². The van der Waals surface area contributed by atoms with Crippen LogP contribution in [0.3, 0.4) is 0 Å². The van der Waals surface area contributed by atoms with Gasteiger partial charge in [0.1, 0.15) is 5.82 Å². The second-order valence-electron chi connectivity index (χ2n) is 4.67. The molecule has 0 bridgehead atoms. The number of nitrogens with one attached hydrogen (secondary N) is 1. The topological polar surface area (TPSA) is 29.1 Å². The molecule has 3 heteroatoms. The molecule has 0 saturated carbocycles. The first-order chi connectivity index (χ1) is 9.54. The van der Waals surface area contributed by atoms with E-state index in [-0.39, 0.29) is 11.7 Å². The quantitative estimate of drug-likeness (QED) is 0.835. The first kappa shape index (κ1) is 14.0. The molecule has 102 valence electrons. The van der Waals surface area contributed by atoms with Gasteiger partial charge in [-0.3, -0.25) is 4.79 Å². The van der Waals surface area contributed by atoms with Gasteiger partial charge in [0.25, 0.3) is 0 Å². The third-order valence-corrected chi connectivity index (χ3v) is 3.07. The zero-order valence-corrected chi connectivity index (χ0v) is 11.5. The molecule has 0 spiro atoms. The smallest absolute Gasteiger partial charge is 0.248 e. The molecule has 2 nitrogen and oxygen atoms in total. The van der Waals surface area contributed by atoms with Crippen LogP contribution in [-0.2, 0) is 4.79 Å². The highest BCUT2D eigenvalue weighted by Gasteiger charge is 1.99. The molecule has 2 aromatic rings. The van der Waals surface area contributed by atoms with E-state index in [1.807, 2.05) is 32.0 Å². The summed E-state index contributed by atoms with van der Waals surface area (Å²) >= 11 is 0. The van der Waals surface area contributed by atoms with Gasteiger partial charge in [-0.1, -0.05) is 18.2 Å². The molecule has 0 saturated heterocycles. The zero-order chi connectivity index (χ0) is 14.5. The number of rotatable bonds is 3. The molecule has 0 aliphatic heterocycles. The van der Waals surface area contributed by atoms with E-state index in [1.54, 1.807) is 18.2 Å². The van der Waals surface area contributed by atoms with Gasteiger partial charge >= 0.3 is 0 Å². The van der Waals surface area contributed by atoms with Crippen molar-refractivity contribution in [2.75, 3.05) is 5.32 Å². The average Bonchev–Trinajstić information content (AvgIpc) is 2.42. The molecule has 1 amide bonds. The Morgan fingerprint density at radius 1 is 1.05 bits per heavy atom. The summed E-state index contributed by atoms with van der Waals surface area (Å²) < 4.78 is 12.7. The summed E-state index contributed by atoms with van der Waals surface area (Å²) in [4.78, 5) is 11.8.